The lowest BCUT2D eigenvalue weighted by Gasteiger charge is -2.36. The molecule has 190 valence electrons. The van der Waals surface area contributed by atoms with E-state index >= 15 is 0 Å². The van der Waals surface area contributed by atoms with Crippen LogP contribution in [0, 0.1) is 6.92 Å². The highest BCUT2D eigenvalue weighted by Crippen LogP contribution is 2.37. The van der Waals surface area contributed by atoms with Crippen molar-refractivity contribution in [1.29, 1.82) is 0 Å². The molecule has 7 nitrogen and oxygen atoms in total. The van der Waals surface area contributed by atoms with Crippen LogP contribution in [0.15, 0.2) is 54.9 Å². The second-order valence-corrected chi connectivity index (χ2v) is 10.2. The van der Waals surface area contributed by atoms with E-state index in [1.807, 2.05) is 49.3 Å². The maximum Gasteiger partial charge on any atom is 0.247 e. The number of piperidine rings is 1. The Morgan fingerprint density at radius 3 is 2.67 bits per heavy atom. The summed E-state index contributed by atoms with van der Waals surface area (Å²) in [6, 6.07) is 13.8. The predicted octanol–water partition coefficient (Wildman–Crippen LogP) is 4.13. The van der Waals surface area contributed by atoms with E-state index in [9.17, 15) is 9.59 Å². The van der Waals surface area contributed by atoms with Crippen molar-refractivity contribution < 1.29 is 14.3 Å². The monoisotopic (exact) mass is 488 g/mol. The Morgan fingerprint density at radius 2 is 1.89 bits per heavy atom. The quantitative estimate of drug-likeness (QED) is 0.663. The Balaban J connectivity index is 1.29. The highest BCUT2D eigenvalue weighted by molar-refractivity contribution is 5.93. The molecule has 3 aliphatic heterocycles. The maximum atomic E-state index is 13.5. The number of amides is 2. The number of likely N-dealkylation sites (tertiary alicyclic amines) is 1. The molecule has 1 N–H and O–H groups in total. The normalized spacial score (nSPS) is 21.9. The number of nitrogens with zero attached hydrogens (tertiary/aromatic N) is 3. The number of nitrogens with one attached hydrogen (secondary N) is 1. The summed E-state index contributed by atoms with van der Waals surface area (Å²) in [6.07, 6.45) is 8.16. The first-order valence-corrected chi connectivity index (χ1v) is 13.1. The maximum absolute atomic E-state index is 13.5. The Kier molecular flexibility index (Phi) is 7.28. The van der Waals surface area contributed by atoms with Gasteiger partial charge in [0.25, 0.3) is 0 Å². The van der Waals surface area contributed by atoms with Crippen molar-refractivity contribution in [3.63, 3.8) is 0 Å². The smallest absolute Gasteiger partial charge is 0.247 e. The van der Waals surface area contributed by atoms with E-state index in [0.717, 1.165) is 48.6 Å². The van der Waals surface area contributed by atoms with Crippen LogP contribution in [0.5, 0.6) is 5.75 Å². The molecule has 2 amide bonds. The van der Waals surface area contributed by atoms with Gasteiger partial charge in [0.2, 0.25) is 11.8 Å². The minimum Gasteiger partial charge on any atom is -0.493 e. The summed E-state index contributed by atoms with van der Waals surface area (Å²) in [6.45, 7) is 5.85. The van der Waals surface area contributed by atoms with E-state index in [0.29, 0.717) is 6.61 Å². The highest BCUT2D eigenvalue weighted by Gasteiger charge is 2.34. The van der Waals surface area contributed by atoms with Crippen LogP contribution in [0.3, 0.4) is 0 Å². The number of aryl methyl sites for hydroxylation is 1. The third-order valence-electron chi connectivity index (χ3n) is 7.60. The van der Waals surface area contributed by atoms with Gasteiger partial charge in [-0.2, -0.15) is 0 Å². The Hall–Kier alpha value is -3.32. The summed E-state index contributed by atoms with van der Waals surface area (Å²) in [4.78, 5) is 32.4. The van der Waals surface area contributed by atoms with Crippen molar-refractivity contribution in [2.45, 2.75) is 57.7 Å². The van der Waals surface area contributed by atoms with Gasteiger partial charge in [0.1, 0.15) is 11.8 Å². The van der Waals surface area contributed by atoms with Gasteiger partial charge in [0.05, 0.1) is 19.1 Å². The van der Waals surface area contributed by atoms with E-state index in [1.54, 1.807) is 11.1 Å². The molecule has 3 heterocycles. The van der Waals surface area contributed by atoms with Crippen molar-refractivity contribution in [2.24, 2.45) is 0 Å². The van der Waals surface area contributed by atoms with Gasteiger partial charge in [0, 0.05) is 43.7 Å². The molecule has 1 fully saturated rings. The van der Waals surface area contributed by atoms with E-state index in [1.165, 1.54) is 24.8 Å². The number of benzene rings is 2. The van der Waals surface area contributed by atoms with E-state index in [-0.39, 0.29) is 24.3 Å². The highest BCUT2D eigenvalue weighted by atomic mass is 16.5. The standard InChI is InChI=1S/C29H36N4O3/c1-21-6-9-23(10-7-21)33-16-13-30-29(35)26(33)19-28(34)31(2)25-12-17-36-27-18-22(8-11-24(25)27)20-32-14-4-3-5-15-32/h6-11,13,16,18,25-26H,3-5,12,14-15,17,19-20H2,1-2H3,(H,30,35)/t25-,26-/m1/s1. The van der Waals surface area contributed by atoms with Crippen molar-refractivity contribution in [2.75, 3.05) is 31.6 Å². The third-order valence-corrected chi connectivity index (χ3v) is 7.60. The number of anilines is 1. The van der Waals surface area contributed by atoms with Crippen molar-refractivity contribution in [3.05, 3.63) is 71.6 Å². The lowest BCUT2D eigenvalue weighted by atomic mass is 9.96. The van der Waals surface area contributed by atoms with Gasteiger partial charge in [-0.05, 0) is 56.6 Å². The molecular formula is C29H36N4O3. The number of carbonyl (C=O) groups excluding carboxylic acids is 2. The molecule has 0 bridgehead atoms. The van der Waals surface area contributed by atoms with Crippen molar-refractivity contribution >= 4 is 17.5 Å². The predicted molar refractivity (Wildman–Crippen MR) is 141 cm³/mol. The van der Waals surface area contributed by atoms with E-state index in [2.05, 4.69) is 28.4 Å². The molecule has 0 aromatic heterocycles. The molecule has 0 radical (unpaired) electrons. The van der Waals surface area contributed by atoms with E-state index in [4.69, 9.17) is 4.74 Å². The average molecular weight is 489 g/mol. The molecule has 3 aliphatic rings. The molecule has 0 aliphatic carbocycles. The van der Waals surface area contributed by atoms with Crippen LogP contribution < -0.4 is 15.0 Å². The topological polar surface area (TPSA) is 65.1 Å². The van der Waals surface area contributed by atoms with Gasteiger partial charge in [-0.1, -0.05) is 36.2 Å². The Labute approximate surface area is 213 Å². The molecule has 0 spiro atoms. The van der Waals surface area contributed by atoms with Crippen LogP contribution in [0.4, 0.5) is 5.69 Å². The molecule has 2 aromatic rings. The summed E-state index contributed by atoms with van der Waals surface area (Å²) in [5.74, 6) is 0.646. The molecule has 2 atom stereocenters. The lowest BCUT2D eigenvalue weighted by Crippen LogP contribution is -2.49. The zero-order valence-electron chi connectivity index (χ0n) is 21.3. The first-order chi connectivity index (χ1) is 17.5. The van der Waals surface area contributed by atoms with Gasteiger partial charge < -0.3 is 19.9 Å². The summed E-state index contributed by atoms with van der Waals surface area (Å²) < 4.78 is 6.03. The third kappa shape index (κ3) is 5.26. The van der Waals surface area contributed by atoms with Gasteiger partial charge in [-0.25, -0.2) is 0 Å². The fraction of sp³-hybridized carbons (Fsp3) is 0.448. The molecule has 2 aromatic carbocycles. The minimum absolute atomic E-state index is 0.0576. The van der Waals surface area contributed by atoms with Gasteiger partial charge in [-0.3, -0.25) is 14.5 Å². The van der Waals surface area contributed by atoms with Crippen LogP contribution in [0.25, 0.3) is 0 Å². The molecule has 0 saturated carbocycles. The fourth-order valence-corrected chi connectivity index (χ4v) is 5.47. The van der Waals surface area contributed by atoms with Crippen LogP contribution in [0.1, 0.15) is 54.8 Å². The summed E-state index contributed by atoms with van der Waals surface area (Å²) in [7, 11) is 1.84. The van der Waals surface area contributed by atoms with Crippen molar-refractivity contribution in [3.8, 4) is 5.75 Å². The number of rotatable bonds is 6. The van der Waals surface area contributed by atoms with E-state index < -0.39 is 6.04 Å². The number of fused-ring (bicyclic) bond motifs is 1. The zero-order valence-corrected chi connectivity index (χ0v) is 21.3. The van der Waals surface area contributed by atoms with Gasteiger partial charge >= 0.3 is 0 Å². The summed E-state index contributed by atoms with van der Waals surface area (Å²) >= 11 is 0. The number of hydrogen-bond donors (Lipinski definition) is 1. The van der Waals surface area contributed by atoms with Crippen LogP contribution >= 0.6 is 0 Å². The van der Waals surface area contributed by atoms with Crippen molar-refractivity contribution in [1.82, 2.24) is 15.1 Å². The zero-order chi connectivity index (χ0) is 25.1. The van der Waals surface area contributed by atoms with Gasteiger partial charge in [-0.15, -0.1) is 0 Å². The second-order valence-electron chi connectivity index (χ2n) is 10.2. The first-order valence-electron chi connectivity index (χ1n) is 13.1. The number of carbonyl (C=O) groups is 2. The second kappa shape index (κ2) is 10.7. The fourth-order valence-electron chi connectivity index (χ4n) is 5.47. The molecule has 36 heavy (non-hydrogen) atoms. The summed E-state index contributed by atoms with van der Waals surface area (Å²) in [5, 5.41) is 2.77. The SMILES string of the molecule is Cc1ccc(N2C=CNC(=O)[C@H]2CC(=O)N(C)[C@@H]2CCOc3cc(CN4CCCCC4)ccc32)cc1. The molecule has 0 unspecified atom stereocenters. The largest absolute Gasteiger partial charge is 0.493 e. The Morgan fingerprint density at radius 1 is 1.11 bits per heavy atom. The molecule has 1 saturated heterocycles. The number of ether oxygens (including phenoxy) is 1. The van der Waals surface area contributed by atoms with Gasteiger partial charge in [0.15, 0.2) is 0 Å². The average Bonchev–Trinajstić information content (AvgIpc) is 2.90. The minimum atomic E-state index is -0.598. The summed E-state index contributed by atoms with van der Waals surface area (Å²) in [5.41, 5.74) is 4.34. The first kappa shape index (κ1) is 24.4. The molecule has 7 heteroatoms. The number of hydrogen-bond acceptors (Lipinski definition) is 5. The Bertz CT molecular complexity index is 1120. The lowest BCUT2D eigenvalue weighted by molar-refractivity contribution is -0.135. The molecule has 5 rings (SSSR count). The van der Waals surface area contributed by atoms with Crippen LogP contribution in [-0.2, 0) is 16.1 Å². The van der Waals surface area contributed by atoms with Crippen LogP contribution in [0.2, 0.25) is 0 Å². The molecular weight excluding hydrogens is 452 g/mol. The van der Waals surface area contributed by atoms with Crippen LogP contribution in [-0.4, -0.2) is 54.4 Å².